The lowest BCUT2D eigenvalue weighted by Gasteiger charge is -2.20. The molecule has 0 bridgehead atoms. The molecule has 1 saturated carbocycles. The summed E-state index contributed by atoms with van der Waals surface area (Å²) < 4.78 is 5.42. The van der Waals surface area contributed by atoms with Gasteiger partial charge >= 0.3 is 0 Å². The van der Waals surface area contributed by atoms with Crippen LogP contribution in [0.3, 0.4) is 0 Å². The second-order valence-corrected chi connectivity index (χ2v) is 5.82. The molecule has 0 radical (unpaired) electrons. The summed E-state index contributed by atoms with van der Waals surface area (Å²) in [5.41, 5.74) is 2.00. The van der Waals surface area contributed by atoms with Gasteiger partial charge in [0.25, 0.3) is 0 Å². The summed E-state index contributed by atoms with van der Waals surface area (Å²) in [5, 5.41) is 0. The first-order valence-electron chi connectivity index (χ1n) is 7.58. The Morgan fingerprint density at radius 3 is 2.62 bits per heavy atom. The molecule has 0 spiro atoms. The van der Waals surface area contributed by atoms with Crippen molar-refractivity contribution in [3.63, 3.8) is 0 Å². The second-order valence-electron chi connectivity index (χ2n) is 5.82. The molecule has 2 aromatic rings. The second kappa shape index (κ2) is 6.27. The van der Waals surface area contributed by atoms with Crippen molar-refractivity contribution in [2.24, 2.45) is 0 Å². The molecule has 0 N–H and O–H groups in total. The van der Waals surface area contributed by atoms with Gasteiger partial charge in [0.1, 0.15) is 5.76 Å². The van der Waals surface area contributed by atoms with Gasteiger partial charge in [-0.15, -0.1) is 0 Å². The predicted octanol–water partition coefficient (Wildman–Crippen LogP) is 3.83. The summed E-state index contributed by atoms with van der Waals surface area (Å²) in [4.78, 5) is 14.6. The number of hydrogen-bond donors (Lipinski definition) is 0. The van der Waals surface area contributed by atoms with Crippen LogP contribution in [0.2, 0.25) is 0 Å². The van der Waals surface area contributed by atoms with Gasteiger partial charge in [-0.05, 0) is 31.9 Å². The Bertz CT molecular complexity index is 582. The highest BCUT2D eigenvalue weighted by molar-refractivity contribution is 5.96. The molecule has 1 fully saturated rings. The highest BCUT2D eigenvalue weighted by Gasteiger charge is 2.29. The van der Waals surface area contributed by atoms with Crippen molar-refractivity contribution in [3.8, 4) is 0 Å². The lowest BCUT2D eigenvalue weighted by molar-refractivity contribution is 0.0957. The van der Waals surface area contributed by atoms with Crippen LogP contribution in [0.1, 0.15) is 40.9 Å². The summed E-state index contributed by atoms with van der Waals surface area (Å²) in [6.45, 7) is 3.64. The molecule has 3 heteroatoms. The highest BCUT2D eigenvalue weighted by atomic mass is 16.3. The summed E-state index contributed by atoms with van der Waals surface area (Å²) in [7, 11) is 0. The lowest BCUT2D eigenvalue weighted by Crippen LogP contribution is -2.28. The topological polar surface area (TPSA) is 33.5 Å². The van der Waals surface area contributed by atoms with E-state index in [-0.39, 0.29) is 5.78 Å². The van der Waals surface area contributed by atoms with Gasteiger partial charge in [-0.2, -0.15) is 0 Å². The summed E-state index contributed by atoms with van der Waals surface area (Å²) in [6.07, 6.45) is 4.75. The standard InChI is InChI=1S/C18H21NO2/c1-14-4-6-15(7-5-14)18(20)10-11-19(16-8-9-16)13-17-3-2-12-21-17/h2-7,12,16H,8-11,13H2,1H3. The largest absolute Gasteiger partial charge is 0.468 e. The number of Topliss-reactive ketones (excluding diaryl/α,β-unsaturated/α-hetero) is 1. The molecule has 0 saturated heterocycles. The molecule has 3 rings (SSSR count). The van der Waals surface area contributed by atoms with Gasteiger partial charge in [0.2, 0.25) is 0 Å². The third-order valence-electron chi connectivity index (χ3n) is 4.00. The minimum absolute atomic E-state index is 0.222. The van der Waals surface area contributed by atoms with Crippen LogP contribution in [-0.4, -0.2) is 23.3 Å². The van der Waals surface area contributed by atoms with Crippen LogP contribution in [0.4, 0.5) is 0 Å². The van der Waals surface area contributed by atoms with E-state index >= 15 is 0 Å². The monoisotopic (exact) mass is 283 g/mol. The Hall–Kier alpha value is -1.87. The minimum Gasteiger partial charge on any atom is -0.468 e. The molecular formula is C18H21NO2. The molecular weight excluding hydrogens is 262 g/mol. The zero-order chi connectivity index (χ0) is 14.7. The van der Waals surface area contributed by atoms with Gasteiger partial charge in [0, 0.05) is 24.6 Å². The number of ketones is 1. The Balaban J connectivity index is 1.56. The summed E-state index contributed by atoms with van der Waals surface area (Å²) in [5.74, 6) is 1.20. The van der Waals surface area contributed by atoms with Crippen molar-refractivity contribution >= 4 is 5.78 Å². The molecule has 3 nitrogen and oxygen atoms in total. The third-order valence-corrected chi connectivity index (χ3v) is 4.00. The van der Waals surface area contributed by atoms with Crippen molar-refractivity contribution < 1.29 is 9.21 Å². The van der Waals surface area contributed by atoms with Crippen LogP contribution in [-0.2, 0) is 6.54 Å². The van der Waals surface area contributed by atoms with Gasteiger partial charge in [0.05, 0.1) is 12.8 Å². The molecule has 1 heterocycles. The van der Waals surface area contributed by atoms with E-state index in [4.69, 9.17) is 4.42 Å². The van der Waals surface area contributed by atoms with Crippen molar-refractivity contribution in [1.82, 2.24) is 4.90 Å². The molecule has 21 heavy (non-hydrogen) atoms. The summed E-state index contributed by atoms with van der Waals surface area (Å²) in [6, 6.07) is 12.4. The van der Waals surface area contributed by atoms with Crippen LogP contribution in [0, 0.1) is 6.92 Å². The van der Waals surface area contributed by atoms with Crippen molar-refractivity contribution in [2.45, 2.75) is 38.8 Å². The van der Waals surface area contributed by atoms with E-state index in [0.29, 0.717) is 12.5 Å². The maximum Gasteiger partial charge on any atom is 0.164 e. The van der Waals surface area contributed by atoms with E-state index in [1.165, 1.54) is 18.4 Å². The number of carbonyl (C=O) groups excluding carboxylic acids is 1. The fourth-order valence-electron chi connectivity index (χ4n) is 2.56. The SMILES string of the molecule is Cc1ccc(C(=O)CCN(Cc2ccco2)C2CC2)cc1. The van der Waals surface area contributed by atoms with Crippen molar-refractivity contribution in [1.29, 1.82) is 0 Å². The molecule has 0 unspecified atom stereocenters. The Morgan fingerprint density at radius 1 is 1.24 bits per heavy atom. The number of benzene rings is 1. The van der Waals surface area contributed by atoms with Gasteiger partial charge in [-0.1, -0.05) is 29.8 Å². The van der Waals surface area contributed by atoms with Gasteiger partial charge in [-0.25, -0.2) is 0 Å². The summed E-state index contributed by atoms with van der Waals surface area (Å²) >= 11 is 0. The van der Waals surface area contributed by atoms with E-state index < -0.39 is 0 Å². The zero-order valence-corrected chi connectivity index (χ0v) is 12.4. The number of hydrogen-bond acceptors (Lipinski definition) is 3. The molecule has 1 aliphatic rings. The van der Waals surface area contributed by atoms with Gasteiger partial charge in [0.15, 0.2) is 5.78 Å². The fraction of sp³-hybridized carbons (Fsp3) is 0.389. The predicted molar refractivity (Wildman–Crippen MR) is 82.3 cm³/mol. The Morgan fingerprint density at radius 2 is 2.00 bits per heavy atom. The molecule has 1 aliphatic carbocycles. The number of nitrogens with zero attached hydrogens (tertiary/aromatic N) is 1. The number of carbonyl (C=O) groups is 1. The molecule has 110 valence electrons. The smallest absolute Gasteiger partial charge is 0.164 e. The fourth-order valence-corrected chi connectivity index (χ4v) is 2.56. The number of aryl methyl sites for hydroxylation is 1. The molecule has 1 aromatic carbocycles. The van der Waals surface area contributed by atoms with E-state index in [1.807, 2.05) is 43.3 Å². The number of furan rings is 1. The Labute approximate surface area is 125 Å². The normalized spacial score (nSPS) is 14.6. The highest BCUT2D eigenvalue weighted by Crippen LogP contribution is 2.28. The first kappa shape index (κ1) is 14.1. The minimum atomic E-state index is 0.222. The molecule has 0 aliphatic heterocycles. The van der Waals surface area contributed by atoms with Crippen LogP contribution in [0.25, 0.3) is 0 Å². The van der Waals surface area contributed by atoms with Gasteiger partial charge in [-0.3, -0.25) is 9.69 Å². The van der Waals surface area contributed by atoms with Crippen LogP contribution in [0.15, 0.2) is 47.1 Å². The first-order valence-corrected chi connectivity index (χ1v) is 7.58. The lowest BCUT2D eigenvalue weighted by atomic mass is 10.1. The maximum absolute atomic E-state index is 12.3. The van der Waals surface area contributed by atoms with Crippen molar-refractivity contribution in [3.05, 3.63) is 59.5 Å². The van der Waals surface area contributed by atoms with E-state index in [1.54, 1.807) is 6.26 Å². The van der Waals surface area contributed by atoms with Gasteiger partial charge < -0.3 is 4.42 Å². The quantitative estimate of drug-likeness (QED) is 0.724. The van der Waals surface area contributed by atoms with E-state index in [2.05, 4.69) is 4.90 Å². The Kier molecular flexibility index (Phi) is 4.20. The average molecular weight is 283 g/mol. The number of rotatable bonds is 7. The van der Waals surface area contributed by atoms with Crippen LogP contribution in [0.5, 0.6) is 0 Å². The zero-order valence-electron chi connectivity index (χ0n) is 12.4. The molecule has 0 atom stereocenters. The van der Waals surface area contributed by atoms with Crippen molar-refractivity contribution in [2.75, 3.05) is 6.54 Å². The molecule has 0 amide bonds. The first-order chi connectivity index (χ1) is 10.2. The third kappa shape index (κ3) is 3.82. The maximum atomic E-state index is 12.3. The van der Waals surface area contributed by atoms with Crippen LogP contribution >= 0.6 is 0 Å². The average Bonchev–Trinajstić information content (AvgIpc) is 3.21. The van der Waals surface area contributed by atoms with E-state index in [0.717, 1.165) is 24.4 Å². The molecule has 1 aromatic heterocycles. The van der Waals surface area contributed by atoms with E-state index in [9.17, 15) is 4.79 Å². The van der Waals surface area contributed by atoms with Crippen LogP contribution < -0.4 is 0 Å².